The topological polar surface area (TPSA) is 260 Å². The number of alkyl carbamates (subject to hydrolysis) is 1. The first-order valence-corrected chi connectivity index (χ1v) is 21.1. The number of hydrogen-bond donors (Lipinski definition) is 9. The third-order valence-corrected chi connectivity index (χ3v) is 11.2. The van der Waals surface area contributed by atoms with E-state index >= 15 is 0 Å². The second-order valence-electron chi connectivity index (χ2n) is 15.8. The van der Waals surface area contributed by atoms with Crippen LogP contribution in [0, 0.1) is 0 Å². The molecule has 2 aliphatic rings. The van der Waals surface area contributed by atoms with Gasteiger partial charge in [-0.25, -0.2) is 4.79 Å². The number of carbonyl (C=O) groups is 7. The Morgan fingerprint density at radius 2 is 1.40 bits per heavy atom. The van der Waals surface area contributed by atoms with Crippen molar-refractivity contribution in [3.63, 3.8) is 0 Å². The molecule has 0 unspecified atom stereocenters. The molecule has 0 saturated carbocycles. The van der Waals surface area contributed by atoms with E-state index in [0.717, 1.165) is 16.5 Å². The second kappa shape index (κ2) is 21.7. The van der Waals surface area contributed by atoms with E-state index in [9.17, 15) is 43.8 Å². The van der Waals surface area contributed by atoms with E-state index in [1.165, 1.54) is 24.0 Å². The number of fused-ring (bicyclic) bond motifs is 2. The van der Waals surface area contributed by atoms with E-state index in [4.69, 9.17) is 4.74 Å². The van der Waals surface area contributed by atoms with Gasteiger partial charge in [0.2, 0.25) is 35.4 Å². The fourth-order valence-corrected chi connectivity index (χ4v) is 7.69. The number of para-hydroxylation sites is 1. The molecule has 18 heteroatoms. The van der Waals surface area contributed by atoms with Gasteiger partial charge in [-0.1, -0.05) is 60.7 Å². The van der Waals surface area contributed by atoms with Gasteiger partial charge in [-0.2, -0.15) is 0 Å². The van der Waals surface area contributed by atoms with Crippen molar-refractivity contribution in [2.24, 2.45) is 0 Å². The molecular weight excluding hydrogens is 813 g/mol. The number of H-pyrrole nitrogens is 1. The van der Waals surface area contributed by atoms with Crippen LogP contribution in [0.15, 0.2) is 85.1 Å². The number of aromatic hydroxyl groups is 1. The average Bonchev–Trinajstić information content (AvgIpc) is 3.95. The maximum atomic E-state index is 14.5. The molecule has 7 amide bonds. The molecule has 6 rings (SSSR count). The zero-order valence-corrected chi connectivity index (χ0v) is 34.9. The normalized spacial score (nSPS) is 22.7. The van der Waals surface area contributed by atoms with Gasteiger partial charge in [-0.05, 0) is 73.9 Å². The fourth-order valence-electron chi connectivity index (χ4n) is 7.69. The summed E-state index contributed by atoms with van der Waals surface area (Å²) in [4.78, 5) is 101. The average molecular weight is 867 g/mol. The Balaban J connectivity index is 1.28. The molecule has 4 aromatic rings. The third kappa shape index (κ3) is 12.3. The van der Waals surface area contributed by atoms with Crippen LogP contribution in [-0.4, -0.2) is 118 Å². The Labute approximate surface area is 363 Å². The summed E-state index contributed by atoms with van der Waals surface area (Å²) in [6.45, 7) is 1.000. The molecule has 334 valence electrons. The van der Waals surface area contributed by atoms with Crippen molar-refractivity contribution in [1.82, 2.24) is 41.8 Å². The van der Waals surface area contributed by atoms with Crippen LogP contribution < -0.4 is 31.9 Å². The van der Waals surface area contributed by atoms with Crippen LogP contribution in [0.1, 0.15) is 55.7 Å². The Hall–Kier alpha value is -6.95. The summed E-state index contributed by atoms with van der Waals surface area (Å²) in [5.41, 5.74) is 2.83. The number of ether oxygens (including phenoxy) is 1. The number of aliphatic hydroxyl groups excluding tert-OH is 1. The molecule has 0 radical (unpaired) electrons. The summed E-state index contributed by atoms with van der Waals surface area (Å²) in [7, 11) is 0. The quantitative estimate of drug-likeness (QED) is 0.0920. The number of aromatic nitrogens is 1. The van der Waals surface area contributed by atoms with E-state index in [2.05, 4.69) is 36.9 Å². The van der Waals surface area contributed by atoms with E-state index < -0.39 is 84.4 Å². The number of hydrogen-bond acceptors (Lipinski definition) is 10. The summed E-state index contributed by atoms with van der Waals surface area (Å²) in [6.07, 6.45) is 2.40. The van der Waals surface area contributed by atoms with Crippen molar-refractivity contribution in [2.75, 3.05) is 19.7 Å². The van der Waals surface area contributed by atoms with Crippen molar-refractivity contribution in [1.29, 1.82) is 0 Å². The van der Waals surface area contributed by atoms with Crippen LogP contribution in [0.2, 0.25) is 0 Å². The highest BCUT2D eigenvalue weighted by molar-refractivity contribution is 5.98. The first-order valence-electron chi connectivity index (χ1n) is 21.1. The zero-order chi connectivity index (χ0) is 44.9. The maximum absolute atomic E-state index is 14.5. The van der Waals surface area contributed by atoms with Crippen molar-refractivity contribution < 1.29 is 48.5 Å². The van der Waals surface area contributed by atoms with Gasteiger partial charge in [-0.15, -0.1) is 0 Å². The predicted octanol–water partition coefficient (Wildman–Crippen LogP) is 1.20. The van der Waals surface area contributed by atoms with Crippen LogP contribution in [0.4, 0.5) is 4.79 Å². The van der Waals surface area contributed by atoms with E-state index in [1.54, 1.807) is 18.3 Å². The first kappa shape index (κ1) is 45.6. The molecule has 1 aromatic heterocycles. The molecule has 18 nitrogen and oxygen atoms in total. The van der Waals surface area contributed by atoms with Crippen molar-refractivity contribution >= 4 is 52.4 Å². The number of carbonyl (C=O) groups excluding carboxylic acids is 7. The van der Waals surface area contributed by atoms with Crippen LogP contribution in [0.3, 0.4) is 0 Å². The van der Waals surface area contributed by atoms with Gasteiger partial charge in [0.05, 0.1) is 6.61 Å². The molecule has 9 N–H and O–H groups in total. The van der Waals surface area contributed by atoms with E-state index in [-0.39, 0.29) is 51.1 Å². The lowest BCUT2D eigenvalue weighted by Gasteiger charge is -2.31. The standard InChI is InChI=1S/C45H54N8O10/c1-27-39(56)52-37(25-54)42(59)50-35(23-30-24-47-33-13-6-5-12-32(30)33)41(58)49-34(14-7-8-20-46-45(62)63-26-29-10-3-2-4-11-29)40(57)51-36(22-28-16-18-31(55)19-17-28)44(61)53-21-9-15-38(53)43(60)48-27/h2-6,10-13,16-19,24,27,34-38,47,54-55H,7-9,14-15,20-23,25-26H2,1H3,(H,46,62)(H,48,60)(H,49,58)(H,50,59)(H,51,57)(H,52,56)/t27-,34+,35+,36+,37+,38+/m1/s1. The van der Waals surface area contributed by atoms with Crippen LogP contribution in [-0.2, 0) is 53.0 Å². The minimum absolute atomic E-state index is 0.00503. The number of amides is 7. The van der Waals surface area contributed by atoms with Gasteiger partial charge in [0.15, 0.2) is 0 Å². The fraction of sp³-hybridized carbons (Fsp3) is 0.400. The summed E-state index contributed by atoms with van der Waals surface area (Å²) < 4.78 is 5.29. The number of aliphatic hydroxyl groups is 1. The lowest BCUT2D eigenvalue weighted by Crippen LogP contribution is -2.61. The summed E-state index contributed by atoms with van der Waals surface area (Å²) in [6, 6.07) is 15.0. The van der Waals surface area contributed by atoms with Gasteiger partial charge in [0, 0.05) is 43.0 Å². The SMILES string of the molecule is C[C@H]1NC(=O)[C@@H]2CCCN2C(=O)[C@H](Cc2ccc(O)cc2)NC(=O)[C@H](CCCCNC(=O)OCc2ccccc2)NC(=O)[C@H](Cc2c[nH]c3ccccc23)NC(=O)[C@H](CO)NC1=O. The van der Waals surface area contributed by atoms with Gasteiger partial charge < -0.3 is 56.7 Å². The number of nitrogens with one attached hydrogen (secondary N) is 7. The van der Waals surface area contributed by atoms with Gasteiger partial charge in [-0.3, -0.25) is 28.8 Å². The van der Waals surface area contributed by atoms with Crippen molar-refractivity contribution in [3.05, 3.63) is 102 Å². The summed E-state index contributed by atoms with van der Waals surface area (Å²) >= 11 is 0. The van der Waals surface area contributed by atoms with Gasteiger partial charge in [0.25, 0.3) is 0 Å². The van der Waals surface area contributed by atoms with Crippen molar-refractivity contribution in [3.8, 4) is 5.75 Å². The number of rotatable bonds is 12. The van der Waals surface area contributed by atoms with Crippen molar-refractivity contribution in [2.45, 2.75) is 94.7 Å². The lowest BCUT2D eigenvalue weighted by atomic mass is 10.0. The van der Waals surface area contributed by atoms with Crippen LogP contribution >= 0.6 is 0 Å². The summed E-state index contributed by atoms with van der Waals surface area (Å²) in [5.74, 6) is -4.35. The van der Waals surface area contributed by atoms with Gasteiger partial charge >= 0.3 is 6.09 Å². The van der Waals surface area contributed by atoms with E-state index in [0.29, 0.717) is 30.4 Å². The summed E-state index contributed by atoms with van der Waals surface area (Å²) in [5, 5.41) is 37.0. The second-order valence-corrected chi connectivity index (χ2v) is 15.8. The van der Waals surface area contributed by atoms with Crippen LogP contribution in [0.25, 0.3) is 10.9 Å². The molecule has 2 saturated heterocycles. The molecule has 0 spiro atoms. The minimum Gasteiger partial charge on any atom is -0.508 e. The third-order valence-electron chi connectivity index (χ3n) is 11.2. The highest BCUT2D eigenvalue weighted by atomic mass is 16.5. The molecule has 3 aromatic carbocycles. The number of phenolic OH excluding ortho intramolecular Hbond substituents is 1. The maximum Gasteiger partial charge on any atom is 0.407 e. The molecule has 0 aliphatic carbocycles. The Kier molecular flexibility index (Phi) is 15.7. The number of benzene rings is 3. The molecule has 63 heavy (non-hydrogen) atoms. The molecule has 3 heterocycles. The smallest absolute Gasteiger partial charge is 0.407 e. The first-order chi connectivity index (χ1) is 30.4. The number of unbranched alkanes of at least 4 members (excludes halogenated alkanes) is 1. The zero-order valence-electron chi connectivity index (χ0n) is 34.9. The molecule has 0 bridgehead atoms. The Morgan fingerprint density at radius 3 is 2.16 bits per heavy atom. The van der Waals surface area contributed by atoms with E-state index in [1.807, 2.05) is 54.6 Å². The molecule has 2 aliphatic heterocycles. The van der Waals surface area contributed by atoms with Gasteiger partial charge in [0.1, 0.15) is 48.6 Å². The monoisotopic (exact) mass is 866 g/mol. The Bertz CT molecular complexity index is 2250. The molecule has 2 fully saturated rings. The van der Waals surface area contributed by atoms with Crippen LogP contribution in [0.5, 0.6) is 5.75 Å². The highest BCUT2D eigenvalue weighted by Gasteiger charge is 2.40. The number of aromatic amines is 1. The highest BCUT2D eigenvalue weighted by Crippen LogP contribution is 2.22. The molecular formula is C45H54N8O10. The number of phenols is 1. The number of nitrogens with zero attached hydrogens (tertiary/aromatic N) is 1. The largest absolute Gasteiger partial charge is 0.508 e. The minimum atomic E-state index is -1.52. The molecule has 6 atom stereocenters. The Morgan fingerprint density at radius 1 is 0.730 bits per heavy atom. The lowest BCUT2D eigenvalue weighted by molar-refractivity contribution is -0.142. The predicted molar refractivity (Wildman–Crippen MR) is 229 cm³/mol.